The summed E-state index contributed by atoms with van der Waals surface area (Å²) in [5.41, 5.74) is -0.275. The smallest absolute Gasteiger partial charge is 0.154 e. The molecule has 0 aliphatic heterocycles. The zero-order valence-corrected chi connectivity index (χ0v) is 11.1. The van der Waals surface area contributed by atoms with E-state index < -0.39 is 5.60 Å². The molecule has 2 atom stereocenters. The molecule has 1 aromatic heterocycles. The Balaban J connectivity index is 2.42. The van der Waals surface area contributed by atoms with E-state index in [4.69, 9.17) is 4.74 Å². The molecule has 1 aromatic rings. The van der Waals surface area contributed by atoms with Gasteiger partial charge in [0, 0.05) is 14.2 Å². The second-order valence-corrected chi connectivity index (χ2v) is 5.00. The summed E-state index contributed by atoms with van der Waals surface area (Å²) in [6.07, 6.45) is 3.45. The number of halogens is 1. The van der Waals surface area contributed by atoms with E-state index in [-0.39, 0.29) is 6.10 Å². The largest absolute Gasteiger partial charge is 0.381 e. The predicted octanol–water partition coefficient (Wildman–Crippen LogP) is 1.35. The van der Waals surface area contributed by atoms with E-state index in [2.05, 4.69) is 26.2 Å². The molecular weight excluding hydrogens is 274 g/mol. The van der Waals surface area contributed by atoms with Crippen molar-refractivity contribution in [2.45, 2.75) is 37.4 Å². The molecule has 1 N–H and O–H groups in total. The lowest BCUT2D eigenvalue weighted by atomic mass is 9.80. The monoisotopic (exact) mass is 289 g/mol. The van der Waals surface area contributed by atoms with Crippen LogP contribution in [0.2, 0.25) is 0 Å². The minimum absolute atomic E-state index is 0.185. The van der Waals surface area contributed by atoms with Crippen LogP contribution < -0.4 is 0 Å². The van der Waals surface area contributed by atoms with Crippen molar-refractivity contribution in [3.05, 3.63) is 10.3 Å². The second-order valence-electron chi connectivity index (χ2n) is 4.25. The number of rotatable bonds is 2. The van der Waals surface area contributed by atoms with Gasteiger partial charge in [0.1, 0.15) is 11.3 Å². The van der Waals surface area contributed by atoms with Crippen LogP contribution in [0.3, 0.4) is 0 Å². The number of methoxy groups -OCH3 is 1. The summed E-state index contributed by atoms with van der Waals surface area (Å²) in [5, 5.41) is 18.6. The maximum atomic E-state index is 10.8. The Morgan fingerprint density at radius 1 is 1.56 bits per heavy atom. The molecule has 0 saturated heterocycles. The molecule has 1 saturated carbocycles. The quantitative estimate of drug-likeness (QED) is 0.893. The van der Waals surface area contributed by atoms with Gasteiger partial charge < -0.3 is 9.84 Å². The Hall–Kier alpha value is -0.460. The van der Waals surface area contributed by atoms with E-state index in [1.807, 2.05) is 0 Å². The minimum Gasteiger partial charge on any atom is -0.381 e. The normalized spacial score (nSPS) is 30.6. The summed E-state index contributed by atoms with van der Waals surface area (Å²) >= 11 is 3.33. The van der Waals surface area contributed by atoms with Crippen LogP contribution in [-0.2, 0) is 17.4 Å². The van der Waals surface area contributed by atoms with Gasteiger partial charge in [0.15, 0.2) is 4.60 Å². The van der Waals surface area contributed by atoms with Crippen molar-refractivity contribution in [2.75, 3.05) is 7.11 Å². The van der Waals surface area contributed by atoms with Gasteiger partial charge in [-0.3, -0.25) is 0 Å². The molecular formula is C10H16BrN3O2. The average Bonchev–Trinajstić information content (AvgIpc) is 2.59. The molecule has 5 nitrogen and oxygen atoms in total. The zero-order valence-electron chi connectivity index (χ0n) is 9.48. The van der Waals surface area contributed by atoms with Crippen LogP contribution in [0.15, 0.2) is 4.60 Å². The maximum Gasteiger partial charge on any atom is 0.154 e. The van der Waals surface area contributed by atoms with E-state index in [9.17, 15) is 5.11 Å². The van der Waals surface area contributed by atoms with E-state index in [0.717, 1.165) is 19.3 Å². The van der Waals surface area contributed by atoms with Crippen molar-refractivity contribution in [3.63, 3.8) is 0 Å². The molecule has 0 radical (unpaired) electrons. The van der Waals surface area contributed by atoms with Gasteiger partial charge in [0.05, 0.1) is 6.10 Å². The summed E-state index contributed by atoms with van der Waals surface area (Å²) in [6, 6.07) is 0. The van der Waals surface area contributed by atoms with E-state index in [1.54, 1.807) is 18.8 Å². The van der Waals surface area contributed by atoms with Crippen LogP contribution in [0.5, 0.6) is 0 Å². The number of aromatic nitrogens is 3. The Bertz CT molecular complexity index is 363. The summed E-state index contributed by atoms with van der Waals surface area (Å²) < 4.78 is 7.61. The van der Waals surface area contributed by atoms with Crippen LogP contribution in [0, 0.1) is 0 Å². The molecule has 16 heavy (non-hydrogen) atoms. The Morgan fingerprint density at radius 3 is 2.88 bits per heavy atom. The molecule has 0 aromatic carbocycles. The third kappa shape index (κ3) is 1.78. The van der Waals surface area contributed by atoms with Crippen LogP contribution in [0.25, 0.3) is 0 Å². The highest BCUT2D eigenvalue weighted by Crippen LogP contribution is 2.40. The molecule has 2 rings (SSSR count). The summed E-state index contributed by atoms with van der Waals surface area (Å²) in [6.45, 7) is 0. The van der Waals surface area contributed by atoms with Crippen molar-refractivity contribution in [3.8, 4) is 0 Å². The SMILES string of the molecule is COC1CCCCC1(O)c1c(Br)nnn1C. The van der Waals surface area contributed by atoms with Crippen LogP contribution in [-0.4, -0.2) is 33.3 Å². The van der Waals surface area contributed by atoms with Crippen LogP contribution >= 0.6 is 15.9 Å². The number of ether oxygens (including phenoxy) is 1. The Morgan fingerprint density at radius 2 is 2.31 bits per heavy atom. The van der Waals surface area contributed by atoms with Crippen LogP contribution in [0.4, 0.5) is 0 Å². The number of nitrogens with zero attached hydrogens (tertiary/aromatic N) is 3. The molecule has 1 aliphatic rings. The number of hydrogen-bond acceptors (Lipinski definition) is 4. The van der Waals surface area contributed by atoms with Crippen molar-refractivity contribution < 1.29 is 9.84 Å². The van der Waals surface area contributed by atoms with Crippen LogP contribution in [0.1, 0.15) is 31.4 Å². The summed E-state index contributed by atoms with van der Waals surface area (Å²) in [7, 11) is 3.42. The first-order valence-electron chi connectivity index (χ1n) is 5.40. The van der Waals surface area contributed by atoms with Gasteiger partial charge in [0.2, 0.25) is 0 Å². The summed E-state index contributed by atoms with van der Waals surface area (Å²) in [4.78, 5) is 0. The Labute approximate surface area is 103 Å². The minimum atomic E-state index is -0.982. The fraction of sp³-hybridized carbons (Fsp3) is 0.800. The average molecular weight is 290 g/mol. The number of aryl methyl sites for hydroxylation is 1. The van der Waals surface area contributed by atoms with Gasteiger partial charge in [-0.15, -0.1) is 5.10 Å². The Kier molecular flexibility index (Phi) is 3.32. The van der Waals surface area contributed by atoms with Gasteiger partial charge in [-0.2, -0.15) is 0 Å². The third-order valence-electron chi connectivity index (χ3n) is 3.29. The first kappa shape index (κ1) is 12.0. The molecule has 0 bridgehead atoms. The predicted molar refractivity (Wildman–Crippen MR) is 61.9 cm³/mol. The lowest BCUT2D eigenvalue weighted by molar-refractivity contribution is -0.127. The van der Waals surface area contributed by atoms with Gasteiger partial charge in [-0.1, -0.05) is 11.6 Å². The van der Waals surface area contributed by atoms with Crippen molar-refractivity contribution >= 4 is 15.9 Å². The first-order valence-corrected chi connectivity index (χ1v) is 6.19. The molecule has 0 spiro atoms. The van der Waals surface area contributed by atoms with Crippen molar-refractivity contribution in [1.29, 1.82) is 0 Å². The lowest BCUT2D eigenvalue weighted by Crippen LogP contribution is -2.44. The lowest BCUT2D eigenvalue weighted by Gasteiger charge is -2.38. The molecule has 0 amide bonds. The van der Waals surface area contributed by atoms with E-state index >= 15 is 0 Å². The molecule has 90 valence electrons. The fourth-order valence-corrected chi connectivity index (χ4v) is 3.17. The summed E-state index contributed by atoms with van der Waals surface area (Å²) in [5.74, 6) is 0. The molecule has 2 unspecified atom stereocenters. The standard InChI is InChI=1S/C10H16BrN3O2/c1-14-8(9(11)12-13-14)10(15)6-4-3-5-7(10)16-2/h7,15H,3-6H2,1-2H3. The van der Waals surface area contributed by atoms with Gasteiger partial charge >= 0.3 is 0 Å². The van der Waals surface area contributed by atoms with Gasteiger partial charge in [0.25, 0.3) is 0 Å². The molecule has 1 fully saturated rings. The van der Waals surface area contributed by atoms with Crippen molar-refractivity contribution in [1.82, 2.24) is 15.0 Å². The zero-order chi connectivity index (χ0) is 11.8. The van der Waals surface area contributed by atoms with Crippen molar-refractivity contribution in [2.24, 2.45) is 7.05 Å². The maximum absolute atomic E-state index is 10.8. The third-order valence-corrected chi connectivity index (χ3v) is 3.82. The molecule has 6 heteroatoms. The highest BCUT2D eigenvalue weighted by molar-refractivity contribution is 9.10. The molecule has 1 heterocycles. The molecule has 1 aliphatic carbocycles. The fourth-order valence-electron chi connectivity index (χ4n) is 2.50. The van der Waals surface area contributed by atoms with Gasteiger partial charge in [-0.25, -0.2) is 4.68 Å². The van der Waals surface area contributed by atoms with E-state index in [0.29, 0.717) is 16.7 Å². The first-order chi connectivity index (χ1) is 7.59. The highest BCUT2D eigenvalue weighted by atomic mass is 79.9. The highest BCUT2D eigenvalue weighted by Gasteiger charge is 2.44. The number of hydrogen-bond donors (Lipinski definition) is 1. The topological polar surface area (TPSA) is 60.2 Å². The number of aliphatic hydroxyl groups is 1. The second kappa shape index (κ2) is 4.43. The van der Waals surface area contributed by atoms with Gasteiger partial charge in [-0.05, 0) is 35.2 Å². The van der Waals surface area contributed by atoms with E-state index in [1.165, 1.54) is 0 Å².